The molecule has 0 aliphatic rings. The SMILES string of the molecule is O=C(COc1ccc(Cl)cc1)NCC(=O)Nc1cccc2c(O)cccc12. The molecule has 6 nitrogen and oxygen atoms in total. The van der Waals surface area contributed by atoms with E-state index in [9.17, 15) is 14.7 Å². The molecule has 27 heavy (non-hydrogen) atoms. The Morgan fingerprint density at radius 1 is 0.926 bits per heavy atom. The van der Waals surface area contributed by atoms with Gasteiger partial charge in [-0.05, 0) is 36.4 Å². The molecule has 0 aromatic heterocycles. The van der Waals surface area contributed by atoms with Crippen molar-refractivity contribution in [3.63, 3.8) is 0 Å². The maximum atomic E-state index is 12.1. The van der Waals surface area contributed by atoms with E-state index in [-0.39, 0.29) is 24.8 Å². The van der Waals surface area contributed by atoms with E-state index in [0.29, 0.717) is 27.2 Å². The molecule has 0 spiro atoms. The van der Waals surface area contributed by atoms with Crippen molar-refractivity contribution < 1.29 is 19.4 Å². The lowest BCUT2D eigenvalue weighted by Gasteiger charge is -2.11. The van der Waals surface area contributed by atoms with E-state index < -0.39 is 5.91 Å². The first-order chi connectivity index (χ1) is 13.0. The van der Waals surface area contributed by atoms with Gasteiger partial charge in [-0.2, -0.15) is 0 Å². The number of hydrogen-bond donors (Lipinski definition) is 3. The second kappa shape index (κ2) is 8.42. The first-order valence-corrected chi connectivity index (χ1v) is 8.56. The van der Waals surface area contributed by atoms with Gasteiger partial charge in [0, 0.05) is 21.5 Å². The number of nitrogens with one attached hydrogen (secondary N) is 2. The second-order valence-electron chi connectivity index (χ2n) is 5.75. The van der Waals surface area contributed by atoms with Gasteiger partial charge < -0.3 is 20.5 Å². The van der Waals surface area contributed by atoms with Crippen molar-refractivity contribution in [2.75, 3.05) is 18.5 Å². The van der Waals surface area contributed by atoms with Gasteiger partial charge in [0.05, 0.1) is 6.54 Å². The van der Waals surface area contributed by atoms with Crippen LogP contribution >= 0.6 is 11.6 Å². The molecule has 0 unspecified atom stereocenters. The summed E-state index contributed by atoms with van der Waals surface area (Å²) in [7, 11) is 0. The monoisotopic (exact) mass is 384 g/mol. The highest BCUT2D eigenvalue weighted by molar-refractivity contribution is 6.30. The van der Waals surface area contributed by atoms with Crippen LogP contribution in [0, 0.1) is 0 Å². The fourth-order valence-electron chi connectivity index (χ4n) is 2.51. The molecule has 3 rings (SSSR count). The summed E-state index contributed by atoms with van der Waals surface area (Å²) in [6, 6.07) is 16.9. The van der Waals surface area contributed by atoms with Crippen LogP contribution in [0.25, 0.3) is 10.8 Å². The predicted octanol–water partition coefficient (Wildman–Crippen LogP) is 3.33. The van der Waals surface area contributed by atoms with Crippen LogP contribution in [0.15, 0.2) is 60.7 Å². The van der Waals surface area contributed by atoms with Crippen LogP contribution in [-0.2, 0) is 9.59 Å². The normalized spacial score (nSPS) is 10.4. The molecule has 2 amide bonds. The minimum absolute atomic E-state index is 0.135. The van der Waals surface area contributed by atoms with Gasteiger partial charge in [0.25, 0.3) is 5.91 Å². The zero-order valence-corrected chi connectivity index (χ0v) is 15.0. The molecule has 0 saturated carbocycles. The van der Waals surface area contributed by atoms with Gasteiger partial charge in [0.2, 0.25) is 5.91 Å². The van der Waals surface area contributed by atoms with Crippen LogP contribution in [0.4, 0.5) is 5.69 Å². The lowest BCUT2D eigenvalue weighted by atomic mass is 10.1. The van der Waals surface area contributed by atoms with E-state index in [4.69, 9.17) is 16.3 Å². The minimum atomic E-state index is -0.421. The number of phenolic OH excluding ortho intramolecular Hbond substituents is 1. The third-order valence-corrected chi connectivity index (χ3v) is 4.05. The molecule has 0 radical (unpaired) electrons. The maximum Gasteiger partial charge on any atom is 0.258 e. The maximum absolute atomic E-state index is 12.1. The number of rotatable bonds is 6. The number of halogens is 1. The van der Waals surface area contributed by atoms with Gasteiger partial charge in [0.1, 0.15) is 11.5 Å². The Morgan fingerprint density at radius 3 is 2.41 bits per heavy atom. The van der Waals surface area contributed by atoms with Gasteiger partial charge in [-0.15, -0.1) is 0 Å². The summed E-state index contributed by atoms with van der Waals surface area (Å²) in [5.41, 5.74) is 0.556. The number of carbonyl (C=O) groups excluding carboxylic acids is 2. The molecule has 3 N–H and O–H groups in total. The van der Waals surface area contributed by atoms with Crippen molar-refractivity contribution in [3.8, 4) is 11.5 Å². The average molecular weight is 385 g/mol. The lowest BCUT2D eigenvalue weighted by Crippen LogP contribution is -2.35. The van der Waals surface area contributed by atoms with Crippen LogP contribution in [-0.4, -0.2) is 30.1 Å². The highest BCUT2D eigenvalue weighted by atomic mass is 35.5. The summed E-state index contributed by atoms with van der Waals surface area (Å²) in [4.78, 5) is 23.9. The number of fused-ring (bicyclic) bond motifs is 1. The van der Waals surface area contributed by atoms with E-state index in [1.165, 1.54) is 0 Å². The Bertz CT molecular complexity index is 973. The number of aromatic hydroxyl groups is 1. The molecule has 0 fully saturated rings. The zero-order chi connectivity index (χ0) is 19.2. The fraction of sp³-hybridized carbons (Fsp3) is 0.100. The lowest BCUT2D eigenvalue weighted by molar-refractivity contribution is -0.125. The van der Waals surface area contributed by atoms with E-state index in [1.54, 1.807) is 60.7 Å². The number of carbonyl (C=O) groups is 2. The molecule has 0 atom stereocenters. The van der Waals surface area contributed by atoms with Crippen molar-refractivity contribution in [1.82, 2.24) is 5.32 Å². The summed E-state index contributed by atoms with van der Waals surface area (Å²) < 4.78 is 5.31. The summed E-state index contributed by atoms with van der Waals surface area (Å²) >= 11 is 5.78. The van der Waals surface area contributed by atoms with Gasteiger partial charge in [-0.3, -0.25) is 9.59 Å². The highest BCUT2D eigenvalue weighted by Gasteiger charge is 2.09. The van der Waals surface area contributed by atoms with Crippen molar-refractivity contribution in [3.05, 3.63) is 65.7 Å². The number of phenols is 1. The first kappa shape index (κ1) is 18.5. The quantitative estimate of drug-likeness (QED) is 0.608. The predicted molar refractivity (Wildman–Crippen MR) is 104 cm³/mol. The Kier molecular flexibility index (Phi) is 5.78. The third kappa shape index (κ3) is 4.89. The molecular formula is C20H17ClN2O4. The molecule has 3 aromatic carbocycles. The largest absolute Gasteiger partial charge is 0.507 e. The molecular weight excluding hydrogens is 368 g/mol. The average Bonchev–Trinajstić information content (AvgIpc) is 2.67. The zero-order valence-electron chi connectivity index (χ0n) is 14.2. The smallest absolute Gasteiger partial charge is 0.258 e. The molecule has 0 heterocycles. The van der Waals surface area contributed by atoms with Crippen molar-refractivity contribution in [2.45, 2.75) is 0 Å². The van der Waals surface area contributed by atoms with Gasteiger partial charge in [0.15, 0.2) is 6.61 Å². The number of ether oxygens (including phenoxy) is 1. The van der Waals surface area contributed by atoms with Crippen LogP contribution in [0.3, 0.4) is 0 Å². The summed E-state index contributed by atoms with van der Waals surface area (Å²) in [5.74, 6) is -0.160. The molecule has 0 saturated heterocycles. The topological polar surface area (TPSA) is 87.7 Å². The molecule has 138 valence electrons. The Balaban J connectivity index is 1.52. The van der Waals surface area contributed by atoms with E-state index in [2.05, 4.69) is 10.6 Å². The van der Waals surface area contributed by atoms with Crippen LogP contribution < -0.4 is 15.4 Å². The number of anilines is 1. The third-order valence-electron chi connectivity index (χ3n) is 3.80. The molecule has 0 aliphatic heterocycles. The van der Waals surface area contributed by atoms with Crippen molar-refractivity contribution in [1.29, 1.82) is 0 Å². The van der Waals surface area contributed by atoms with Gasteiger partial charge in [-0.25, -0.2) is 0 Å². The number of hydrogen-bond acceptors (Lipinski definition) is 4. The van der Waals surface area contributed by atoms with E-state index >= 15 is 0 Å². The highest BCUT2D eigenvalue weighted by Crippen LogP contribution is 2.29. The number of amides is 2. The molecule has 0 aliphatic carbocycles. The first-order valence-electron chi connectivity index (χ1n) is 8.18. The van der Waals surface area contributed by atoms with Gasteiger partial charge >= 0.3 is 0 Å². The standard InChI is InChI=1S/C20H17ClN2O4/c21-13-7-9-14(10-8-13)27-12-20(26)22-11-19(25)23-17-5-1-4-16-15(17)3-2-6-18(16)24/h1-10,24H,11-12H2,(H,22,26)(H,23,25). The van der Waals surface area contributed by atoms with Crippen LogP contribution in [0.2, 0.25) is 5.02 Å². The molecule has 7 heteroatoms. The van der Waals surface area contributed by atoms with Gasteiger partial charge in [-0.1, -0.05) is 35.9 Å². The molecule has 0 bridgehead atoms. The fourth-order valence-corrected chi connectivity index (χ4v) is 2.63. The summed E-state index contributed by atoms with van der Waals surface area (Å²) in [6.45, 7) is -0.408. The summed E-state index contributed by atoms with van der Waals surface area (Å²) in [6.07, 6.45) is 0. The van der Waals surface area contributed by atoms with Crippen LogP contribution in [0.1, 0.15) is 0 Å². The van der Waals surface area contributed by atoms with E-state index in [0.717, 1.165) is 0 Å². The van der Waals surface area contributed by atoms with Crippen molar-refractivity contribution in [2.24, 2.45) is 0 Å². The molecule has 3 aromatic rings. The number of benzene rings is 3. The Morgan fingerprint density at radius 2 is 1.63 bits per heavy atom. The van der Waals surface area contributed by atoms with Crippen LogP contribution in [0.5, 0.6) is 11.5 Å². The van der Waals surface area contributed by atoms with Crippen molar-refractivity contribution >= 4 is 39.9 Å². The minimum Gasteiger partial charge on any atom is -0.507 e. The van der Waals surface area contributed by atoms with E-state index in [1.807, 2.05) is 0 Å². The summed E-state index contributed by atoms with van der Waals surface area (Å²) in [5, 5.41) is 17.0. The Labute approximate surface area is 160 Å². The second-order valence-corrected chi connectivity index (χ2v) is 6.18. The Hall–Kier alpha value is -3.25.